The number of hydrogen-bond acceptors (Lipinski definition) is 2. The Labute approximate surface area is 143 Å². The molecule has 0 aliphatic carbocycles. The summed E-state index contributed by atoms with van der Waals surface area (Å²) < 4.78 is 0. The van der Waals surface area contributed by atoms with E-state index in [4.69, 9.17) is 11.3 Å². The average molecular weight is 329 g/mol. The molecule has 23 heavy (non-hydrogen) atoms. The quantitative estimate of drug-likeness (QED) is 0.346. The van der Waals surface area contributed by atoms with Crippen LogP contribution in [0.25, 0.3) is 10.4 Å². The van der Waals surface area contributed by atoms with Gasteiger partial charge in [0.1, 0.15) is 0 Å². The van der Waals surface area contributed by atoms with E-state index in [1.807, 2.05) is 60.7 Å². The van der Waals surface area contributed by atoms with Crippen molar-refractivity contribution in [1.29, 1.82) is 0 Å². The zero-order chi connectivity index (χ0) is 15.8. The van der Waals surface area contributed by atoms with Crippen molar-refractivity contribution in [3.63, 3.8) is 0 Å². The van der Waals surface area contributed by atoms with Crippen molar-refractivity contribution in [3.05, 3.63) is 94.4 Å². The maximum atomic E-state index is 8.81. The summed E-state index contributed by atoms with van der Waals surface area (Å²) in [6.45, 7) is 4.08. The van der Waals surface area contributed by atoms with Gasteiger partial charge in [-0.1, -0.05) is 77.9 Å². The molecule has 2 N–H and O–H groups in total. The number of rotatable bonds is 7. The second kappa shape index (κ2) is 9.70. The van der Waals surface area contributed by atoms with Gasteiger partial charge >= 0.3 is 0 Å². The fourth-order valence-electron chi connectivity index (χ4n) is 2.39. The van der Waals surface area contributed by atoms with Gasteiger partial charge in [0.2, 0.25) is 0 Å². The van der Waals surface area contributed by atoms with Gasteiger partial charge in [-0.15, -0.1) is 12.4 Å². The Morgan fingerprint density at radius 2 is 1.48 bits per heavy atom. The summed E-state index contributed by atoms with van der Waals surface area (Å²) in [4.78, 5) is 2.95. The van der Waals surface area contributed by atoms with Crippen LogP contribution >= 0.6 is 12.4 Å². The highest BCUT2D eigenvalue weighted by molar-refractivity contribution is 5.85. The maximum Gasteiger partial charge on any atom is 0.0637 e. The van der Waals surface area contributed by atoms with Gasteiger partial charge in [-0.05, 0) is 29.5 Å². The first-order chi connectivity index (χ1) is 10.7. The van der Waals surface area contributed by atoms with Gasteiger partial charge in [-0.2, -0.15) is 0 Å². The summed E-state index contributed by atoms with van der Waals surface area (Å²) >= 11 is 0. The minimum Gasteiger partial charge on any atom is -0.324 e. The van der Waals surface area contributed by atoms with Crippen LogP contribution in [0.3, 0.4) is 0 Å². The van der Waals surface area contributed by atoms with Crippen molar-refractivity contribution in [2.45, 2.75) is 24.9 Å². The largest absolute Gasteiger partial charge is 0.324 e. The molecular formula is C18H21ClN4. The Hall–Kier alpha value is -2.26. The van der Waals surface area contributed by atoms with E-state index >= 15 is 0 Å². The Morgan fingerprint density at radius 3 is 1.96 bits per heavy atom. The molecular weight excluding hydrogens is 308 g/mol. The van der Waals surface area contributed by atoms with Crippen molar-refractivity contribution in [1.82, 2.24) is 0 Å². The Morgan fingerprint density at radius 1 is 1.00 bits per heavy atom. The lowest BCUT2D eigenvalue weighted by atomic mass is 9.92. The average Bonchev–Trinajstić information content (AvgIpc) is 2.55. The summed E-state index contributed by atoms with van der Waals surface area (Å²) in [6.07, 6.45) is 1.30. The molecule has 0 saturated carbocycles. The van der Waals surface area contributed by atoms with Gasteiger partial charge in [0, 0.05) is 11.0 Å². The minimum absolute atomic E-state index is 0. The van der Waals surface area contributed by atoms with Crippen LogP contribution in [0.5, 0.6) is 0 Å². The van der Waals surface area contributed by atoms with Gasteiger partial charge < -0.3 is 5.73 Å². The van der Waals surface area contributed by atoms with Gasteiger partial charge in [-0.25, -0.2) is 0 Å². The van der Waals surface area contributed by atoms with Crippen molar-refractivity contribution in [2.24, 2.45) is 10.8 Å². The number of nitrogens with zero attached hydrogens (tertiary/aromatic N) is 3. The lowest BCUT2D eigenvalue weighted by Gasteiger charge is -2.21. The van der Waals surface area contributed by atoms with Crippen molar-refractivity contribution in [2.75, 3.05) is 0 Å². The van der Waals surface area contributed by atoms with Crippen LogP contribution in [0, 0.1) is 0 Å². The second-order valence-electron chi connectivity index (χ2n) is 5.28. The lowest BCUT2D eigenvalue weighted by molar-refractivity contribution is 0.650. The number of benzene rings is 2. The third-order valence-electron chi connectivity index (χ3n) is 3.67. The van der Waals surface area contributed by atoms with E-state index in [2.05, 4.69) is 16.6 Å². The predicted octanol–water partition coefficient (Wildman–Crippen LogP) is 4.46. The number of halogens is 1. The number of hydrogen-bond donors (Lipinski definition) is 1. The summed E-state index contributed by atoms with van der Waals surface area (Å²) in [5.74, 6) is 0. The first-order valence-electron chi connectivity index (χ1n) is 7.27. The van der Waals surface area contributed by atoms with E-state index in [9.17, 15) is 0 Å². The molecule has 4 nitrogen and oxygen atoms in total. The third kappa shape index (κ3) is 5.80. The smallest absolute Gasteiger partial charge is 0.0637 e. The molecule has 0 spiro atoms. The highest BCUT2D eigenvalue weighted by Crippen LogP contribution is 2.17. The van der Waals surface area contributed by atoms with E-state index in [0.717, 1.165) is 16.7 Å². The molecule has 0 radical (unpaired) electrons. The van der Waals surface area contributed by atoms with E-state index in [1.54, 1.807) is 0 Å². The molecule has 2 aromatic carbocycles. The number of azide groups is 1. The normalized spacial score (nSPS) is 12.4. The van der Waals surface area contributed by atoms with Crippen LogP contribution in [0.4, 0.5) is 0 Å². The fourth-order valence-corrected chi connectivity index (χ4v) is 2.39. The Balaban J connectivity index is 0.00000264. The summed E-state index contributed by atoms with van der Waals surface area (Å²) in [5.41, 5.74) is 18.1. The molecule has 0 aliphatic rings. The molecule has 2 rings (SSSR count). The molecule has 5 heteroatoms. The van der Waals surface area contributed by atoms with E-state index in [0.29, 0.717) is 12.8 Å². The molecule has 0 fully saturated rings. The van der Waals surface area contributed by atoms with Crippen molar-refractivity contribution >= 4 is 12.4 Å². The lowest BCUT2D eigenvalue weighted by Crippen LogP contribution is -2.31. The van der Waals surface area contributed by atoms with E-state index in [-0.39, 0.29) is 24.5 Å². The second-order valence-corrected chi connectivity index (χ2v) is 5.28. The molecule has 0 aliphatic heterocycles. The van der Waals surface area contributed by atoms with Crippen LogP contribution in [0.2, 0.25) is 0 Å². The molecule has 0 heterocycles. The predicted molar refractivity (Wildman–Crippen MR) is 97.6 cm³/mol. The minimum atomic E-state index is -0.328. The Bertz CT molecular complexity index is 651. The third-order valence-corrected chi connectivity index (χ3v) is 3.67. The SMILES string of the molecule is C=C(C(N)Cc1ccccc1)C(Cc1ccccc1)N=[N+]=[N-].Cl. The van der Waals surface area contributed by atoms with Crippen LogP contribution in [-0.4, -0.2) is 12.1 Å². The van der Waals surface area contributed by atoms with E-state index in [1.165, 1.54) is 0 Å². The summed E-state index contributed by atoms with van der Waals surface area (Å²) in [6, 6.07) is 19.4. The van der Waals surface area contributed by atoms with Gasteiger partial charge in [0.15, 0.2) is 0 Å². The van der Waals surface area contributed by atoms with Crippen molar-refractivity contribution in [3.8, 4) is 0 Å². The molecule has 0 saturated heterocycles. The molecule has 0 aromatic heterocycles. The van der Waals surface area contributed by atoms with Crippen molar-refractivity contribution < 1.29 is 0 Å². The molecule has 0 amide bonds. The van der Waals surface area contributed by atoms with E-state index < -0.39 is 0 Å². The molecule has 2 atom stereocenters. The van der Waals surface area contributed by atoms with Crippen LogP contribution in [0.15, 0.2) is 77.9 Å². The fraction of sp³-hybridized carbons (Fsp3) is 0.222. The number of nitrogens with two attached hydrogens (primary N) is 1. The monoisotopic (exact) mass is 328 g/mol. The molecule has 120 valence electrons. The van der Waals surface area contributed by atoms with Gasteiger partial charge in [0.05, 0.1) is 6.04 Å². The molecule has 2 aromatic rings. The topological polar surface area (TPSA) is 74.8 Å². The molecule has 2 unspecified atom stereocenters. The highest BCUT2D eigenvalue weighted by Gasteiger charge is 2.18. The summed E-state index contributed by atoms with van der Waals surface area (Å²) in [5, 5.41) is 3.88. The standard InChI is InChI=1S/C18H20N4.ClH/c1-14(17(19)12-15-8-4-2-5-9-15)18(21-22-20)13-16-10-6-3-7-11-16;/h2-11,17-18H,1,12-13,19H2;1H. The highest BCUT2D eigenvalue weighted by atomic mass is 35.5. The first kappa shape index (κ1) is 18.8. The van der Waals surface area contributed by atoms with Crippen LogP contribution in [-0.2, 0) is 12.8 Å². The van der Waals surface area contributed by atoms with Crippen LogP contribution in [0.1, 0.15) is 11.1 Å². The maximum absolute atomic E-state index is 8.81. The zero-order valence-corrected chi connectivity index (χ0v) is 13.7. The first-order valence-corrected chi connectivity index (χ1v) is 7.27. The van der Waals surface area contributed by atoms with Gasteiger partial charge in [0.25, 0.3) is 0 Å². The summed E-state index contributed by atoms with van der Waals surface area (Å²) in [7, 11) is 0. The Kier molecular flexibility index (Phi) is 7.92. The van der Waals surface area contributed by atoms with Crippen LogP contribution < -0.4 is 5.73 Å². The zero-order valence-electron chi connectivity index (χ0n) is 12.9. The van der Waals surface area contributed by atoms with Gasteiger partial charge in [-0.3, -0.25) is 0 Å². The molecule has 0 bridgehead atoms.